The second-order valence-corrected chi connectivity index (χ2v) is 9.91. The van der Waals surface area contributed by atoms with Crippen molar-refractivity contribution in [2.24, 2.45) is 0 Å². The van der Waals surface area contributed by atoms with Gasteiger partial charge in [-0.05, 0) is 39.7 Å². The van der Waals surface area contributed by atoms with Gasteiger partial charge in [0.15, 0.2) is 6.10 Å². The summed E-state index contributed by atoms with van der Waals surface area (Å²) < 4.78 is 47.1. The van der Waals surface area contributed by atoms with Crippen LogP contribution in [0.5, 0.6) is 0 Å². The summed E-state index contributed by atoms with van der Waals surface area (Å²) in [4.78, 5) is 40.5. The molecule has 1 aliphatic heterocycles. The van der Waals surface area contributed by atoms with Gasteiger partial charge in [0, 0.05) is 12.6 Å². The lowest BCUT2D eigenvalue weighted by Crippen LogP contribution is -2.43. The summed E-state index contributed by atoms with van der Waals surface area (Å²) >= 11 is 0. The van der Waals surface area contributed by atoms with E-state index in [4.69, 9.17) is 14.2 Å². The number of ether oxygens (including phenoxy) is 3. The Morgan fingerprint density at radius 2 is 1.77 bits per heavy atom. The third kappa shape index (κ3) is 8.37. The van der Waals surface area contributed by atoms with Crippen LogP contribution in [0.1, 0.15) is 97.9 Å². The lowest BCUT2D eigenvalue weighted by molar-refractivity contribution is -0.176. The first kappa shape index (κ1) is 28.9. The van der Waals surface area contributed by atoms with Crippen molar-refractivity contribution < 1.29 is 32.6 Å². The van der Waals surface area contributed by atoms with Crippen LogP contribution in [0.15, 0.2) is 17.1 Å². The summed E-state index contributed by atoms with van der Waals surface area (Å²) in [5.41, 5.74) is -1.61. The lowest BCUT2D eigenvalue weighted by atomic mass is 10.1. The Balaban J connectivity index is 2.06. The minimum atomic E-state index is -3.64. The number of carbonyl (C=O) groups excluding carboxylic acids is 2. The topological polar surface area (TPSA) is 96.7 Å². The molecule has 1 fully saturated rings. The normalized spacial score (nSPS) is 21.6. The number of aromatic nitrogens is 2. The minimum Gasteiger partial charge on any atom is -0.460 e. The van der Waals surface area contributed by atoms with E-state index in [9.17, 15) is 14.4 Å². The first-order valence-electron chi connectivity index (χ1n) is 12.4. The SMILES string of the molecule is CCCCCCCCC(=O)O[C@@H]1[C@@H](CC)O[C@@H](n2ccc(CC(=O)OC(C)(C)C)nc2=O)C1(F)F. The van der Waals surface area contributed by atoms with Gasteiger partial charge in [-0.3, -0.25) is 14.2 Å². The van der Waals surface area contributed by atoms with Crippen LogP contribution in [0.2, 0.25) is 0 Å². The summed E-state index contributed by atoms with van der Waals surface area (Å²) in [6.07, 6.45) is 1.93. The molecule has 0 aromatic carbocycles. The zero-order valence-corrected chi connectivity index (χ0v) is 21.4. The summed E-state index contributed by atoms with van der Waals surface area (Å²) in [6, 6.07) is 1.30. The van der Waals surface area contributed by atoms with E-state index in [-0.39, 0.29) is 25.0 Å². The highest BCUT2D eigenvalue weighted by molar-refractivity contribution is 5.72. The molecule has 2 heterocycles. The van der Waals surface area contributed by atoms with Crippen molar-refractivity contribution in [2.75, 3.05) is 0 Å². The summed E-state index contributed by atoms with van der Waals surface area (Å²) in [5.74, 6) is -4.94. The Morgan fingerprint density at radius 3 is 2.37 bits per heavy atom. The number of esters is 2. The van der Waals surface area contributed by atoms with Gasteiger partial charge in [0.1, 0.15) is 11.7 Å². The molecule has 0 spiro atoms. The zero-order chi connectivity index (χ0) is 26.2. The molecule has 0 N–H and O–H groups in total. The molecule has 0 bridgehead atoms. The molecule has 0 saturated carbocycles. The molecule has 0 amide bonds. The zero-order valence-electron chi connectivity index (χ0n) is 21.4. The lowest BCUT2D eigenvalue weighted by Gasteiger charge is -2.24. The number of rotatable bonds is 12. The van der Waals surface area contributed by atoms with Gasteiger partial charge in [-0.2, -0.15) is 13.8 Å². The fraction of sp³-hybridized carbons (Fsp3) is 0.760. The van der Waals surface area contributed by atoms with E-state index in [2.05, 4.69) is 11.9 Å². The minimum absolute atomic E-state index is 0.0562. The number of hydrogen-bond donors (Lipinski definition) is 0. The van der Waals surface area contributed by atoms with Gasteiger partial charge < -0.3 is 14.2 Å². The Hall–Kier alpha value is -2.36. The maximum absolute atomic E-state index is 15.3. The second kappa shape index (κ2) is 12.6. The van der Waals surface area contributed by atoms with Crippen LogP contribution >= 0.6 is 0 Å². The van der Waals surface area contributed by atoms with Crippen LogP contribution in [0.4, 0.5) is 8.78 Å². The molecular weight excluding hydrogens is 462 g/mol. The molecule has 1 saturated heterocycles. The number of nitrogens with zero attached hydrogens (tertiary/aromatic N) is 2. The van der Waals surface area contributed by atoms with Gasteiger partial charge in [0.25, 0.3) is 0 Å². The highest BCUT2D eigenvalue weighted by Gasteiger charge is 2.61. The van der Waals surface area contributed by atoms with Crippen molar-refractivity contribution in [1.29, 1.82) is 0 Å². The average molecular weight is 501 g/mol. The van der Waals surface area contributed by atoms with Crippen LogP contribution in [-0.4, -0.2) is 45.2 Å². The van der Waals surface area contributed by atoms with Crippen molar-refractivity contribution >= 4 is 11.9 Å². The second-order valence-electron chi connectivity index (χ2n) is 9.91. The number of unbranched alkanes of at least 4 members (excludes halogenated alkanes) is 5. The van der Waals surface area contributed by atoms with Gasteiger partial charge in [0.05, 0.1) is 12.1 Å². The molecule has 2 rings (SSSR count). The largest absolute Gasteiger partial charge is 0.460 e. The van der Waals surface area contributed by atoms with Gasteiger partial charge >= 0.3 is 23.6 Å². The molecule has 0 aliphatic carbocycles. The van der Waals surface area contributed by atoms with E-state index < -0.39 is 47.6 Å². The first-order valence-corrected chi connectivity index (χ1v) is 12.4. The third-order valence-electron chi connectivity index (χ3n) is 5.63. The van der Waals surface area contributed by atoms with Crippen molar-refractivity contribution in [3.8, 4) is 0 Å². The van der Waals surface area contributed by atoms with Gasteiger partial charge in [-0.15, -0.1) is 0 Å². The fourth-order valence-electron chi connectivity index (χ4n) is 3.93. The van der Waals surface area contributed by atoms with Crippen molar-refractivity contribution in [3.63, 3.8) is 0 Å². The van der Waals surface area contributed by atoms with Crippen molar-refractivity contribution in [2.45, 2.75) is 122 Å². The van der Waals surface area contributed by atoms with E-state index in [0.717, 1.165) is 38.3 Å². The van der Waals surface area contributed by atoms with Crippen LogP contribution in [0.25, 0.3) is 0 Å². The highest BCUT2D eigenvalue weighted by atomic mass is 19.3. The number of halogens is 2. The molecule has 1 aliphatic rings. The quantitative estimate of drug-likeness (QED) is 0.302. The summed E-state index contributed by atoms with van der Waals surface area (Å²) in [5, 5.41) is 0. The van der Waals surface area contributed by atoms with Crippen molar-refractivity contribution in [3.05, 3.63) is 28.4 Å². The van der Waals surface area contributed by atoms with E-state index in [1.54, 1.807) is 27.7 Å². The Morgan fingerprint density at radius 1 is 1.11 bits per heavy atom. The molecule has 1 aromatic rings. The summed E-state index contributed by atoms with van der Waals surface area (Å²) in [6.45, 7) is 8.87. The fourth-order valence-corrected chi connectivity index (χ4v) is 3.93. The van der Waals surface area contributed by atoms with Crippen LogP contribution in [0, 0.1) is 0 Å². The van der Waals surface area contributed by atoms with Gasteiger partial charge in [-0.25, -0.2) is 4.79 Å². The molecule has 1 aromatic heterocycles. The predicted octanol–water partition coefficient (Wildman–Crippen LogP) is 4.73. The van der Waals surface area contributed by atoms with E-state index >= 15 is 8.78 Å². The molecule has 198 valence electrons. The first-order chi connectivity index (χ1) is 16.4. The molecule has 10 heteroatoms. The molecule has 35 heavy (non-hydrogen) atoms. The Kier molecular flexibility index (Phi) is 10.4. The van der Waals surface area contributed by atoms with Crippen LogP contribution < -0.4 is 5.69 Å². The maximum atomic E-state index is 15.3. The Labute approximate surface area is 205 Å². The van der Waals surface area contributed by atoms with Gasteiger partial charge in [0.2, 0.25) is 6.23 Å². The van der Waals surface area contributed by atoms with Gasteiger partial charge in [-0.1, -0.05) is 46.0 Å². The standard InChI is InChI=1S/C25H38F2N2O6/c1-6-8-9-10-11-12-13-19(30)34-21-18(7-2)33-22(25(21,26)27)29-15-14-17(28-23(29)32)16-20(31)35-24(3,4)5/h14-15,18,21-22H,6-13,16H2,1-5H3/t18-,21-,22-/m1/s1. The monoisotopic (exact) mass is 500 g/mol. The maximum Gasteiger partial charge on any atom is 0.350 e. The van der Waals surface area contributed by atoms with E-state index in [1.807, 2.05) is 0 Å². The third-order valence-corrected chi connectivity index (χ3v) is 5.63. The average Bonchev–Trinajstić information content (AvgIpc) is 2.99. The smallest absolute Gasteiger partial charge is 0.350 e. The van der Waals surface area contributed by atoms with E-state index in [1.165, 1.54) is 6.07 Å². The van der Waals surface area contributed by atoms with Crippen LogP contribution in [-0.2, 0) is 30.2 Å². The summed E-state index contributed by atoms with van der Waals surface area (Å²) in [7, 11) is 0. The molecule has 0 unspecified atom stereocenters. The molecule has 0 radical (unpaired) electrons. The Bertz CT molecular complexity index is 912. The van der Waals surface area contributed by atoms with Crippen molar-refractivity contribution in [1.82, 2.24) is 9.55 Å². The predicted molar refractivity (Wildman–Crippen MR) is 125 cm³/mol. The molecule has 8 nitrogen and oxygen atoms in total. The van der Waals surface area contributed by atoms with Crippen LogP contribution in [0.3, 0.4) is 0 Å². The molecular formula is C25H38F2N2O6. The van der Waals surface area contributed by atoms with E-state index in [0.29, 0.717) is 11.0 Å². The number of alkyl halides is 2. The molecule has 3 atom stereocenters. The highest BCUT2D eigenvalue weighted by Crippen LogP contribution is 2.45. The number of hydrogen-bond acceptors (Lipinski definition) is 7. The number of carbonyl (C=O) groups is 2.